The number of amidine groups is 1. The molecular weight excluding hydrogens is 313 g/mol. The first-order valence-corrected chi connectivity index (χ1v) is 7.00. The van der Waals surface area contributed by atoms with E-state index in [1.54, 1.807) is 12.3 Å². The summed E-state index contributed by atoms with van der Waals surface area (Å²) < 4.78 is 13.6. The summed E-state index contributed by atoms with van der Waals surface area (Å²) in [6.45, 7) is 1.85. The molecule has 3 heterocycles. The average molecular weight is 324 g/mol. The van der Waals surface area contributed by atoms with Crippen molar-refractivity contribution < 1.29 is 4.39 Å². The maximum atomic E-state index is 13.6. The number of aromatic amines is 1. The number of aliphatic imine (C=N–C) groups is 2. The van der Waals surface area contributed by atoms with Crippen LogP contribution in [0.25, 0.3) is 10.9 Å². The van der Waals surface area contributed by atoms with Crippen molar-refractivity contribution in [2.45, 2.75) is 19.0 Å². The summed E-state index contributed by atoms with van der Waals surface area (Å²) in [5.41, 5.74) is 7.06. The predicted molar refractivity (Wildman–Crippen MR) is 85.8 cm³/mol. The summed E-state index contributed by atoms with van der Waals surface area (Å²) in [5.74, 6) is -0.165. The van der Waals surface area contributed by atoms with Crippen molar-refractivity contribution in [3.8, 4) is 0 Å². The van der Waals surface area contributed by atoms with Gasteiger partial charge in [0.25, 0.3) is 0 Å². The number of thiocarbonyl (C=S) groups is 1. The third kappa shape index (κ3) is 2.48. The highest BCUT2D eigenvalue weighted by atomic mass is 35.5. The fraction of sp³-hybridized carbons (Fsp3) is 0.231. The smallest absolute Gasteiger partial charge is 0.148 e. The summed E-state index contributed by atoms with van der Waals surface area (Å²) in [5, 5.41) is 0.640. The molecule has 0 aromatic carbocycles. The van der Waals surface area contributed by atoms with Crippen molar-refractivity contribution in [1.29, 1.82) is 0 Å². The van der Waals surface area contributed by atoms with Crippen LogP contribution in [0.5, 0.6) is 0 Å². The van der Waals surface area contributed by atoms with Crippen molar-refractivity contribution >= 4 is 50.6 Å². The molecule has 5 nitrogen and oxygen atoms in total. The van der Waals surface area contributed by atoms with Crippen molar-refractivity contribution in [3.63, 3.8) is 0 Å². The molecule has 0 aliphatic carbocycles. The lowest BCUT2D eigenvalue weighted by molar-refractivity contribution is 0.639. The van der Waals surface area contributed by atoms with E-state index in [0.29, 0.717) is 27.3 Å². The van der Waals surface area contributed by atoms with Crippen LogP contribution in [0.2, 0.25) is 0 Å². The van der Waals surface area contributed by atoms with E-state index in [4.69, 9.17) is 29.6 Å². The van der Waals surface area contributed by atoms with E-state index in [1.807, 2.05) is 6.92 Å². The Bertz CT molecular complexity index is 797. The van der Waals surface area contributed by atoms with Crippen LogP contribution in [-0.4, -0.2) is 32.0 Å². The summed E-state index contributed by atoms with van der Waals surface area (Å²) in [6.07, 6.45) is 2.18. The highest BCUT2D eigenvalue weighted by Gasteiger charge is 2.24. The number of aromatic nitrogens is 2. The van der Waals surface area contributed by atoms with Gasteiger partial charge in [0.05, 0.1) is 28.2 Å². The van der Waals surface area contributed by atoms with Crippen molar-refractivity contribution in [2.75, 3.05) is 0 Å². The van der Waals surface area contributed by atoms with E-state index in [0.717, 1.165) is 0 Å². The molecule has 2 aromatic heterocycles. The molecule has 1 aliphatic heterocycles. The lowest BCUT2D eigenvalue weighted by atomic mass is 10.0. The highest BCUT2D eigenvalue weighted by molar-refractivity contribution is 7.82. The molecular formula is C13H11ClFN5S. The van der Waals surface area contributed by atoms with E-state index in [2.05, 4.69) is 20.0 Å². The minimum absolute atomic E-state index is 0.170. The van der Waals surface area contributed by atoms with Gasteiger partial charge in [-0.1, -0.05) is 23.8 Å². The number of hydrogen-bond donors (Lipinski definition) is 2. The molecule has 3 rings (SSSR count). The first-order valence-electron chi connectivity index (χ1n) is 6.21. The van der Waals surface area contributed by atoms with Crippen LogP contribution >= 0.6 is 23.8 Å². The van der Waals surface area contributed by atoms with Crippen LogP contribution in [0.3, 0.4) is 0 Å². The number of hydrogen-bond acceptors (Lipinski definition) is 5. The summed E-state index contributed by atoms with van der Waals surface area (Å²) in [6, 6.07) is 1.66. The molecule has 0 radical (unpaired) electrons. The normalized spacial score (nSPS) is 20.4. The van der Waals surface area contributed by atoms with E-state index in [-0.39, 0.29) is 16.9 Å². The van der Waals surface area contributed by atoms with Gasteiger partial charge in [0, 0.05) is 11.6 Å². The second-order valence-electron chi connectivity index (χ2n) is 4.71. The monoisotopic (exact) mass is 323 g/mol. The SMILES string of the molecule is CC(C1=NC(N)C(=S)C(Cl)=N1)c1cc2c(F)c[nH]c2cn1. The van der Waals surface area contributed by atoms with Gasteiger partial charge in [-0.2, -0.15) is 0 Å². The molecule has 0 fully saturated rings. The van der Waals surface area contributed by atoms with Gasteiger partial charge in [0.1, 0.15) is 23.0 Å². The van der Waals surface area contributed by atoms with Gasteiger partial charge in [-0.15, -0.1) is 0 Å². The van der Waals surface area contributed by atoms with Gasteiger partial charge in [0.15, 0.2) is 0 Å². The van der Waals surface area contributed by atoms with Crippen molar-refractivity contribution in [2.24, 2.45) is 15.7 Å². The molecule has 108 valence electrons. The number of H-pyrrole nitrogens is 1. The van der Waals surface area contributed by atoms with Gasteiger partial charge < -0.3 is 10.7 Å². The number of pyridine rings is 1. The number of rotatable bonds is 2. The molecule has 2 atom stereocenters. The Hall–Kier alpha value is -1.70. The van der Waals surface area contributed by atoms with E-state index in [1.165, 1.54) is 6.20 Å². The second-order valence-corrected chi connectivity index (χ2v) is 5.51. The number of fused-ring (bicyclic) bond motifs is 1. The summed E-state index contributed by atoms with van der Waals surface area (Å²) in [7, 11) is 0. The molecule has 0 amide bonds. The van der Waals surface area contributed by atoms with Gasteiger partial charge >= 0.3 is 0 Å². The predicted octanol–water partition coefficient (Wildman–Crippen LogP) is 2.51. The molecule has 3 N–H and O–H groups in total. The molecule has 8 heteroatoms. The number of nitrogens with zero attached hydrogens (tertiary/aromatic N) is 3. The number of halogens is 2. The largest absolute Gasteiger partial charge is 0.357 e. The van der Waals surface area contributed by atoms with Crippen LogP contribution in [0.1, 0.15) is 18.5 Å². The molecule has 1 aliphatic rings. The first kappa shape index (κ1) is 14.2. The second kappa shape index (κ2) is 5.25. The molecule has 0 saturated heterocycles. The summed E-state index contributed by atoms with van der Waals surface area (Å²) >= 11 is 11.0. The Morgan fingerprint density at radius 3 is 3.00 bits per heavy atom. The van der Waals surface area contributed by atoms with Gasteiger partial charge in [-0.3, -0.25) is 4.98 Å². The molecule has 0 bridgehead atoms. The van der Waals surface area contributed by atoms with Gasteiger partial charge in [-0.25, -0.2) is 14.4 Å². The zero-order chi connectivity index (χ0) is 15.1. The highest BCUT2D eigenvalue weighted by Crippen LogP contribution is 2.24. The zero-order valence-corrected chi connectivity index (χ0v) is 12.5. The third-order valence-corrected chi connectivity index (χ3v) is 4.16. The zero-order valence-electron chi connectivity index (χ0n) is 11.0. The quantitative estimate of drug-likeness (QED) is 0.833. The van der Waals surface area contributed by atoms with Crippen molar-refractivity contribution in [3.05, 3.63) is 30.0 Å². The van der Waals surface area contributed by atoms with E-state index in [9.17, 15) is 4.39 Å². The Kier molecular flexibility index (Phi) is 3.56. The molecule has 0 saturated carbocycles. The Balaban J connectivity index is 2.00. The van der Waals surface area contributed by atoms with Crippen LogP contribution in [0.15, 0.2) is 28.4 Å². The Morgan fingerprint density at radius 2 is 2.29 bits per heavy atom. The van der Waals surface area contributed by atoms with Gasteiger partial charge in [-0.05, 0) is 13.0 Å². The number of nitrogens with two attached hydrogens (primary N) is 1. The van der Waals surface area contributed by atoms with E-state index >= 15 is 0 Å². The molecule has 0 spiro atoms. The van der Waals surface area contributed by atoms with Crippen LogP contribution in [0.4, 0.5) is 4.39 Å². The Morgan fingerprint density at radius 1 is 1.52 bits per heavy atom. The minimum atomic E-state index is -0.685. The van der Waals surface area contributed by atoms with Gasteiger partial charge in [0.2, 0.25) is 0 Å². The fourth-order valence-corrected chi connectivity index (χ4v) is 2.39. The number of nitrogens with one attached hydrogen (secondary N) is 1. The first-order chi connectivity index (χ1) is 9.97. The fourth-order valence-electron chi connectivity index (χ4n) is 2.09. The van der Waals surface area contributed by atoms with Crippen LogP contribution in [-0.2, 0) is 0 Å². The third-order valence-electron chi connectivity index (χ3n) is 3.32. The lowest BCUT2D eigenvalue weighted by Crippen LogP contribution is -2.36. The standard InChI is InChI=1S/C13H11ClFN5S/c1-5(13-19-11(14)10(21)12(16)20-13)8-2-6-7(15)3-17-9(6)4-18-8/h2-5,12,17H,16H2,1H3. The lowest BCUT2D eigenvalue weighted by Gasteiger charge is -2.18. The topological polar surface area (TPSA) is 79.4 Å². The summed E-state index contributed by atoms with van der Waals surface area (Å²) in [4.78, 5) is 15.8. The van der Waals surface area contributed by atoms with Crippen molar-refractivity contribution in [1.82, 2.24) is 9.97 Å². The van der Waals surface area contributed by atoms with E-state index < -0.39 is 6.17 Å². The average Bonchev–Trinajstić information content (AvgIpc) is 2.84. The van der Waals surface area contributed by atoms with Crippen LogP contribution in [0, 0.1) is 5.82 Å². The Labute approximate surface area is 130 Å². The maximum absolute atomic E-state index is 13.6. The molecule has 2 unspecified atom stereocenters. The minimum Gasteiger partial charge on any atom is -0.357 e. The maximum Gasteiger partial charge on any atom is 0.148 e. The van der Waals surface area contributed by atoms with Crippen LogP contribution < -0.4 is 5.73 Å². The molecule has 21 heavy (non-hydrogen) atoms. The molecule has 2 aromatic rings.